The van der Waals surface area contributed by atoms with Crippen LogP contribution in [0.25, 0.3) is 16.8 Å². The first-order valence-electron chi connectivity index (χ1n) is 9.54. The van der Waals surface area contributed by atoms with Gasteiger partial charge in [0.15, 0.2) is 5.82 Å². The average molecular weight is 375 g/mol. The number of aryl methyl sites for hydroxylation is 1. The van der Waals surface area contributed by atoms with Gasteiger partial charge < -0.3 is 0 Å². The van der Waals surface area contributed by atoms with Crippen LogP contribution in [-0.4, -0.2) is 36.8 Å². The van der Waals surface area contributed by atoms with Crippen molar-refractivity contribution < 1.29 is 4.79 Å². The van der Waals surface area contributed by atoms with Gasteiger partial charge in [-0.3, -0.25) is 14.4 Å². The van der Waals surface area contributed by atoms with Gasteiger partial charge in [-0.15, -0.1) is 0 Å². The molecule has 1 aliphatic heterocycles. The minimum atomic E-state index is -0.932. The van der Waals surface area contributed by atoms with Crippen molar-refractivity contribution in [2.75, 3.05) is 11.4 Å². The number of hydrogen-bond donors (Lipinski definition) is 0. The van der Waals surface area contributed by atoms with Crippen LogP contribution in [0.4, 0.5) is 5.82 Å². The molecule has 1 amide bonds. The summed E-state index contributed by atoms with van der Waals surface area (Å²) in [6.45, 7) is 4.47. The van der Waals surface area contributed by atoms with Crippen molar-refractivity contribution in [2.45, 2.75) is 26.7 Å². The molecule has 3 aromatic heterocycles. The van der Waals surface area contributed by atoms with Gasteiger partial charge in [0.2, 0.25) is 5.91 Å². The molecular weight excluding hydrogens is 354 g/mol. The zero-order valence-corrected chi connectivity index (χ0v) is 16.1. The molecule has 8 heteroatoms. The largest absolute Gasteiger partial charge is 0.293 e. The van der Waals surface area contributed by atoms with Crippen LogP contribution in [0.2, 0.25) is 0 Å². The summed E-state index contributed by atoms with van der Waals surface area (Å²) in [6.07, 6.45) is 7.22. The standard InChI is InChI=1S/C20H21N7O/c1-12-9-26(19(28)20(12,11-21)14-4-5-14)18-17-6-7-22-27(17)10-16(24-18)15-8-23-25(3)13(15)2/h6-8,10,12,14H,4-5,9H2,1-3H3/t12-,20+/m1/s1. The van der Waals surface area contributed by atoms with Crippen molar-refractivity contribution in [3.8, 4) is 17.3 Å². The third-order valence-electron chi connectivity index (χ3n) is 6.38. The van der Waals surface area contributed by atoms with Gasteiger partial charge in [-0.2, -0.15) is 15.5 Å². The fourth-order valence-corrected chi connectivity index (χ4v) is 4.47. The summed E-state index contributed by atoms with van der Waals surface area (Å²) in [5.74, 6) is 0.564. The molecule has 2 aliphatic rings. The van der Waals surface area contributed by atoms with Crippen LogP contribution in [0.15, 0.2) is 24.7 Å². The molecule has 1 saturated heterocycles. The zero-order chi connectivity index (χ0) is 19.6. The Labute approximate surface area is 162 Å². The Kier molecular flexibility index (Phi) is 3.41. The number of nitriles is 1. The third kappa shape index (κ3) is 2.10. The van der Waals surface area contributed by atoms with E-state index in [0.29, 0.717) is 18.1 Å². The lowest BCUT2D eigenvalue weighted by atomic mass is 9.75. The Bertz CT molecular complexity index is 1150. The van der Waals surface area contributed by atoms with Crippen LogP contribution in [-0.2, 0) is 11.8 Å². The molecule has 3 aromatic rings. The van der Waals surface area contributed by atoms with E-state index in [1.807, 2.05) is 33.2 Å². The zero-order valence-electron chi connectivity index (χ0n) is 16.1. The van der Waals surface area contributed by atoms with Gasteiger partial charge in [0.1, 0.15) is 10.9 Å². The van der Waals surface area contributed by atoms with Crippen LogP contribution < -0.4 is 4.90 Å². The molecule has 1 saturated carbocycles. The van der Waals surface area contributed by atoms with E-state index in [1.165, 1.54) is 0 Å². The minimum Gasteiger partial charge on any atom is -0.293 e. The van der Waals surface area contributed by atoms with E-state index in [2.05, 4.69) is 16.3 Å². The molecule has 0 bridgehead atoms. The molecule has 4 heterocycles. The summed E-state index contributed by atoms with van der Waals surface area (Å²) < 4.78 is 3.53. The van der Waals surface area contributed by atoms with Crippen molar-refractivity contribution in [3.05, 3.63) is 30.4 Å². The summed E-state index contributed by atoms with van der Waals surface area (Å²) in [5, 5.41) is 18.6. The van der Waals surface area contributed by atoms with Crippen molar-refractivity contribution in [1.29, 1.82) is 5.26 Å². The van der Waals surface area contributed by atoms with E-state index in [0.717, 1.165) is 29.6 Å². The van der Waals surface area contributed by atoms with Crippen molar-refractivity contribution in [1.82, 2.24) is 24.4 Å². The number of amides is 1. The van der Waals surface area contributed by atoms with E-state index < -0.39 is 5.41 Å². The number of anilines is 1. The highest BCUT2D eigenvalue weighted by atomic mass is 16.2. The Balaban J connectivity index is 1.67. The van der Waals surface area contributed by atoms with Gasteiger partial charge in [-0.25, -0.2) is 9.50 Å². The molecule has 5 rings (SSSR count). The Morgan fingerprint density at radius 3 is 2.75 bits per heavy atom. The highest BCUT2D eigenvalue weighted by Crippen LogP contribution is 2.54. The highest BCUT2D eigenvalue weighted by Gasteiger charge is 2.61. The van der Waals surface area contributed by atoms with E-state index in [9.17, 15) is 10.1 Å². The quantitative estimate of drug-likeness (QED) is 0.701. The number of hydrogen-bond acceptors (Lipinski definition) is 5. The predicted molar refractivity (Wildman–Crippen MR) is 102 cm³/mol. The molecule has 0 unspecified atom stereocenters. The molecule has 2 atom stereocenters. The molecule has 0 radical (unpaired) electrons. The minimum absolute atomic E-state index is 0.0361. The van der Waals surface area contributed by atoms with Crippen molar-refractivity contribution in [3.63, 3.8) is 0 Å². The van der Waals surface area contributed by atoms with E-state index in [1.54, 1.807) is 26.5 Å². The second-order valence-corrected chi connectivity index (χ2v) is 7.95. The van der Waals surface area contributed by atoms with E-state index >= 15 is 0 Å². The molecule has 0 N–H and O–H groups in total. The van der Waals surface area contributed by atoms with Crippen LogP contribution >= 0.6 is 0 Å². The topological polar surface area (TPSA) is 92.1 Å². The number of carbonyl (C=O) groups excluding carboxylic acids is 1. The van der Waals surface area contributed by atoms with Gasteiger partial charge in [-0.1, -0.05) is 6.92 Å². The molecule has 28 heavy (non-hydrogen) atoms. The van der Waals surface area contributed by atoms with Crippen molar-refractivity contribution >= 4 is 17.2 Å². The monoisotopic (exact) mass is 375 g/mol. The molecule has 0 aromatic carbocycles. The third-order valence-corrected chi connectivity index (χ3v) is 6.38. The Morgan fingerprint density at radius 2 is 2.11 bits per heavy atom. The number of nitrogens with zero attached hydrogens (tertiary/aromatic N) is 7. The maximum Gasteiger partial charge on any atom is 0.249 e. The van der Waals surface area contributed by atoms with Crippen molar-refractivity contribution in [2.24, 2.45) is 24.3 Å². The van der Waals surface area contributed by atoms with Crippen LogP contribution in [0.1, 0.15) is 25.5 Å². The lowest BCUT2D eigenvalue weighted by Crippen LogP contribution is -2.37. The van der Waals surface area contributed by atoms with Crippen LogP contribution in [0.5, 0.6) is 0 Å². The van der Waals surface area contributed by atoms with Gasteiger partial charge >= 0.3 is 0 Å². The number of carbonyl (C=O) groups is 1. The lowest BCUT2D eigenvalue weighted by Gasteiger charge is -2.23. The van der Waals surface area contributed by atoms with Gasteiger partial charge in [0.25, 0.3) is 0 Å². The summed E-state index contributed by atoms with van der Waals surface area (Å²) >= 11 is 0. The van der Waals surface area contributed by atoms with Gasteiger partial charge in [-0.05, 0) is 31.7 Å². The molecule has 142 valence electrons. The smallest absolute Gasteiger partial charge is 0.249 e. The van der Waals surface area contributed by atoms with Gasteiger partial charge in [0.05, 0.1) is 30.4 Å². The van der Waals surface area contributed by atoms with E-state index in [-0.39, 0.29) is 17.7 Å². The van der Waals surface area contributed by atoms with Crippen LogP contribution in [0, 0.1) is 35.5 Å². The first kappa shape index (κ1) is 16.9. The SMILES string of the molecule is Cc1c(-c2cn3nccc3c(N3C[C@@H](C)[C@@](C#N)(C4CC4)C3=O)n2)cnn1C. The Morgan fingerprint density at radius 1 is 1.32 bits per heavy atom. The fraction of sp³-hybridized carbons (Fsp3) is 0.450. The van der Waals surface area contributed by atoms with Gasteiger partial charge in [0, 0.05) is 30.8 Å². The molecule has 8 nitrogen and oxygen atoms in total. The number of aromatic nitrogens is 5. The molecule has 1 aliphatic carbocycles. The van der Waals surface area contributed by atoms with Crippen LogP contribution in [0.3, 0.4) is 0 Å². The maximum absolute atomic E-state index is 13.5. The summed E-state index contributed by atoms with van der Waals surface area (Å²) in [5.41, 5.74) is 2.41. The number of rotatable bonds is 3. The lowest BCUT2D eigenvalue weighted by molar-refractivity contribution is -0.124. The first-order valence-corrected chi connectivity index (χ1v) is 9.54. The highest BCUT2D eigenvalue weighted by molar-refractivity contribution is 6.04. The summed E-state index contributed by atoms with van der Waals surface area (Å²) in [7, 11) is 1.88. The second-order valence-electron chi connectivity index (χ2n) is 7.95. The fourth-order valence-electron chi connectivity index (χ4n) is 4.47. The predicted octanol–water partition coefficient (Wildman–Crippen LogP) is 2.34. The average Bonchev–Trinajstić information content (AvgIpc) is 3.24. The maximum atomic E-state index is 13.5. The molecule has 2 fully saturated rings. The first-order chi connectivity index (χ1) is 13.5. The van der Waals surface area contributed by atoms with E-state index in [4.69, 9.17) is 4.98 Å². The second kappa shape index (κ2) is 5.64. The summed E-state index contributed by atoms with van der Waals surface area (Å²) in [4.78, 5) is 20.0. The molecule has 0 spiro atoms. The number of fused-ring (bicyclic) bond motifs is 1. The Hall–Kier alpha value is -3.21. The molecular formula is C20H21N7O. The normalized spacial score (nSPS) is 24.9. The summed E-state index contributed by atoms with van der Waals surface area (Å²) in [6, 6.07) is 4.24.